The van der Waals surface area contributed by atoms with Gasteiger partial charge in [0, 0.05) is 13.0 Å². The highest BCUT2D eigenvalue weighted by atomic mass is 16.2. The van der Waals surface area contributed by atoms with E-state index in [0.717, 1.165) is 12.8 Å². The minimum absolute atomic E-state index is 0.00381. The fourth-order valence-corrected chi connectivity index (χ4v) is 2.97. The number of amides is 2. The second kappa shape index (κ2) is 6.60. The largest absolute Gasteiger partial charge is 0.344 e. The number of hydrogen-bond acceptors (Lipinski definition) is 2. The summed E-state index contributed by atoms with van der Waals surface area (Å²) in [7, 11) is 0. The van der Waals surface area contributed by atoms with Crippen molar-refractivity contribution in [2.75, 3.05) is 13.1 Å². The number of nitrogens with zero attached hydrogens (tertiary/aromatic N) is 1. The normalized spacial score (nSPS) is 25.3. The molecule has 1 aliphatic heterocycles. The van der Waals surface area contributed by atoms with Crippen LogP contribution in [0.15, 0.2) is 0 Å². The topological polar surface area (TPSA) is 49.4 Å². The fraction of sp³-hybridized carbons (Fsp3) is 0.733. The van der Waals surface area contributed by atoms with Crippen molar-refractivity contribution in [1.82, 2.24) is 10.2 Å². The summed E-state index contributed by atoms with van der Waals surface area (Å²) >= 11 is 0. The van der Waals surface area contributed by atoms with E-state index in [1.165, 1.54) is 19.3 Å². The van der Waals surface area contributed by atoms with Gasteiger partial charge in [-0.2, -0.15) is 0 Å². The van der Waals surface area contributed by atoms with Gasteiger partial charge in [0.25, 0.3) is 0 Å². The quantitative estimate of drug-likeness (QED) is 0.763. The molecule has 1 atom stereocenters. The molecule has 2 rings (SSSR count). The van der Waals surface area contributed by atoms with E-state index >= 15 is 0 Å². The van der Waals surface area contributed by atoms with Gasteiger partial charge < -0.3 is 10.2 Å². The number of rotatable bonds is 2. The molecule has 4 heteroatoms. The van der Waals surface area contributed by atoms with E-state index < -0.39 is 0 Å². The van der Waals surface area contributed by atoms with Crippen LogP contribution in [0.1, 0.15) is 45.4 Å². The molecular weight excluding hydrogens is 240 g/mol. The average Bonchev–Trinajstić information content (AvgIpc) is 2.58. The van der Waals surface area contributed by atoms with Crippen molar-refractivity contribution in [3.05, 3.63) is 0 Å². The summed E-state index contributed by atoms with van der Waals surface area (Å²) in [5, 5.41) is 2.93. The minimum Gasteiger partial charge on any atom is -0.344 e. The van der Waals surface area contributed by atoms with E-state index in [0.29, 0.717) is 25.4 Å². The second-order valence-electron chi connectivity index (χ2n) is 5.38. The van der Waals surface area contributed by atoms with Crippen molar-refractivity contribution in [3.63, 3.8) is 0 Å². The Kier molecular flexibility index (Phi) is 4.84. The van der Waals surface area contributed by atoms with E-state index in [9.17, 15) is 9.59 Å². The van der Waals surface area contributed by atoms with Crippen LogP contribution in [0.2, 0.25) is 0 Å². The SMILES string of the molecule is CC#CCN1CCC(=O)NC(C2CCCCC2)C1=O. The predicted molar refractivity (Wildman–Crippen MR) is 73.2 cm³/mol. The third-order valence-corrected chi connectivity index (χ3v) is 4.07. The highest BCUT2D eigenvalue weighted by molar-refractivity contribution is 5.90. The molecule has 1 saturated heterocycles. The molecule has 0 aromatic rings. The third kappa shape index (κ3) is 3.50. The van der Waals surface area contributed by atoms with Gasteiger partial charge in [-0.15, -0.1) is 5.92 Å². The van der Waals surface area contributed by atoms with Crippen LogP contribution in [0.3, 0.4) is 0 Å². The standard InChI is InChI=1S/C15H22N2O2/c1-2-3-10-17-11-9-13(18)16-14(15(17)19)12-7-5-4-6-8-12/h12,14H,4-11H2,1H3,(H,16,18). The molecule has 2 amide bonds. The third-order valence-electron chi connectivity index (χ3n) is 4.07. The van der Waals surface area contributed by atoms with Crippen molar-refractivity contribution in [3.8, 4) is 11.8 Å². The molecule has 0 spiro atoms. The first-order valence-corrected chi connectivity index (χ1v) is 7.20. The summed E-state index contributed by atoms with van der Waals surface area (Å²) in [6, 6.07) is -0.325. The lowest BCUT2D eigenvalue weighted by Gasteiger charge is -2.31. The molecule has 19 heavy (non-hydrogen) atoms. The Morgan fingerprint density at radius 3 is 2.68 bits per heavy atom. The van der Waals surface area contributed by atoms with Crippen molar-refractivity contribution < 1.29 is 9.59 Å². The van der Waals surface area contributed by atoms with Crippen molar-refractivity contribution in [1.29, 1.82) is 0 Å². The minimum atomic E-state index is -0.325. The maximum absolute atomic E-state index is 12.5. The molecule has 1 N–H and O–H groups in total. The van der Waals surface area contributed by atoms with Crippen molar-refractivity contribution in [2.24, 2.45) is 5.92 Å². The number of nitrogens with one attached hydrogen (secondary N) is 1. The molecule has 1 saturated carbocycles. The fourth-order valence-electron chi connectivity index (χ4n) is 2.97. The zero-order valence-electron chi connectivity index (χ0n) is 11.6. The lowest BCUT2D eigenvalue weighted by atomic mass is 9.83. The Morgan fingerprint density at radius 1 is 1.26 bits per heavy atom. The lowest BCUT2D eigenvalue weighted by molar-refractivity contribution is -0.134. The summed E-state index contributed by atoms with van der Waals surface area (Å²) < 4.78 is 0. The van der Waals surface area contributed by atoms with Gasteiger partial charge in [0.1, 0.15) is 6.04 Å². The summed E-state index contributed by atoms with van der Waals surface area (Å²) in [6.07, 6.45) is 6.06. The number of carbonyl (C=O) groups excluding carboxylic acids is 2. The molecular formula is C15H22N2O2. The van der Waals surface area contributed by atoms with Gasteiger partial charge >= 0.3 is 0 Å². The summed E-state index contributed by atoms with van der Waals surface area (Å²) in [5.74, 6) is 6.10. The molecule has 0 bridgehead atoms. The second-order valence-corrected chi connectivity index (χ2v) is 5.38. The van der Waals surface area contributed by atoms with Crippen LogP contribution < -0.4 is 5.32 Å². The number of hydrogen-bond donors (Lipinski definition) is 1. The van der Waals surface area contributed by atoms with Crippen molar-refractivity contribution in [2.45, 2.75) is 51.5 Å². The van der Waals surface area contributed by atoms with Gasteiger partial charge in [-0.25, -0.2) is 0 Å². The van der Waals surface area contributed by atoms with Crippen LogP contribution in [0.4, 0.5) is 0 Å². The molecule has 104 valence electrons. The smallest absolute Gasteiger partial charge is 0.246 e. The monoisotopic (exact) mass is 262 g/mol. The molecule has 2 fully saturated rings. The lowest BCUT2D eigenvalue weighted by Crippen LogP contribution is -2.49. The van der Waals surface area contributed by atoms with Crippen LogP contribution in [0, 0.1) is 17.8 Å². The highest BCUT2D eigenvalue weighted by Gasteiger charge is 2.35. The van der Waals surface area contributed by atoms with Gasteiger partial charge in [-0.05, 0) is 25.7 Å². The summed E-state index contributed by atoms with van der Waals surface area (Å²) in [5.41, 5.74) is 0. The van der Waals surface area contributed by atoms with Crippen LogP contribution >= 0.6 is 0 Å². The molecule has 1 heterocycles. The first-order valence-electron chi connectivity index (χ1n) is 7.20. The van der Waals surface area contributed by atoms with Gasteiger partial charge in [0.2, 0.25) is 11.8 Å². The molecule has 1 unspecified atom stereocenters. The predicted octanol–water partition coefficient (Wildman–Crippen LogP) is 1.31. The van der Waals surface area contributed by atoms with E-state index in [1.54, 1.807) is 11.8 Å². The molecule has 1 aliphatic carbocycles. The Morgan fingerprint density at radius 2 is 2.00 bits per heavy atom. The maximum Gasteiger partial charge on any atom is 0.246 e. The van der Waals surface area contributed by atoms with Crippen LogP contribution in [0.25, 0.3) is 0 Å². The zero-order valence-corrected chi connectivity index (χ0v) is 11.6. The molecule has 4 nitrogen and oxygen atoms in total. The van der Waals surface area contributed by atoms with Crippen LogP contribution in [-0.4, -0.2) is 35.8 Å². The average molecular weight is 262 g/mol. The Balaban J connectivity index is 2.10. The molecule has 0 aromatic carbocycles. The van der Waals surface area contributed by atoms with Gasteiger partial charge in [0.05, 0.1) is 6.54 Å². The molecule has 0 aromatic heterocycles. The van der Waals surface area contributed by atoms with Gasteiger partial charge in [-0.3, -0.25) is 9.59 Å². The zero-order chi connectivity index (χ0) is 13.7. The molecule has 0 radical (unpaired) electrons. The maximum atomic E-state index is 12.5. The first-order chi connectivity index (χ1) is 9.22. The van der Waals surface area contributed by atoms with Crippen molar-refractivity contribution >= 4 is 11.8 Å². The Bertz CT molecular complexity index is 402. The van der Waals surface area contributed by atoms with Gasteiger partial charge in [-0.1, -0.05) is 25.2 Å². The first kappa shape index (κ1) is 13.9. The van der Waals surface area contributed by atoms with Crippen LogP contribution in [0.5, 0.6) is 0 Å². The highest BCUT2D eigenvalue weighted by Crippen LogP contribution is 2.28. The number of carbonyl (C=O) groups is 2. The Labute approximate surface area is 114 Å². The van der Waals surface area contributed by atoms with E-state index in [-0.39, 0.29) is 17.9 Å². The Hall–Kier alpha value is -1.50. The van der Waals surface area contributed by atoms with E-state index in [2.05, 4.69) is 17.2 Å². The van der Waals surface area contributed by atoms with E-state index in [1.807, 2.05) is 0 Å². The summed E-state index contributed by atoms with van der Waals surface area (Å²) in [4.78, 5) is 26.0. The molecule has 2 aliphatic rings. The van der Waals surface area contributed by atoms with E-state index in [4.69, 9.17) is 0 Å². The van der Waals surface area contributed by atoms with Gasteiger partial charge in [0.15, 0.2) is 0 Å². The van der Waals surface area contributed by atoms with Crippen LogP contribution in [-0.2, 0) is 9.59 Å². The summed E-state index contributed by atoms with van der Waals surface area (Å²) in [6.45, 7) is 2.69.